The van der Waals surface area contributed by atoms with Crippen molar-refractivity contribution in [1.82, 2.24) is 25.2 Å². The number of benzene rings is 1. The van der Waals surface area contributed by atoms with Crippen molar-refractivity contribution in [3.8, 4) is 11.4 Å². The van der Waals surface area contributed by atoms with Gasteiger partial charge in [-0.25, -0.2) is 0 Å². The summed E-state index contributed by atoms with van der Waals surface area (Å²) in [4.78, 5) is 17.0. The molecule has 0 unspecified atom stereocenters. The molecule has 0 aliphatic heterocycles. The van der Waals surface area contributed by atoms with Crippen molar-refractivity contribution in [2.45, 2.75) is 39.2 Å². The molecule has 0 saturated heterocycles. The van der Waals surface area contributed by atoms with Crippen LogP contribution in [-0.4, -0.2) is 25.8 Å². The smallest absolute Gasteiger partial charge is 0.270 e. The van der Waals surface area contributed by atoms with E-state index in [2.05, 4.69) is 32.7 Å². The zero-order valence-electron chi connectivity index (χ0n) is 15.1. The number of hydrogen-bond donors (Lipinski definition) is 1. The lowest BCUT2D eigenvalue weighted by atomic mass is 10.0. The van der Waals surface area contributed by atoms with Gasteiger partial charge in [0.1, 0.15) is 5.69 Å². The predicted molar refractivity (Wildman–Crippen MR) is 95.6 cm³/mol. The molecular weight excluding hydrogens is 330 g/mol. The molecule has 26 heavy (non-hydrogen) atoms. The summed E-state index contributed by atoms with van der Waals surface area (Å²) in [5.74, 6) is 1.15. The Balaban J connectivity index is 1.54. The number of nitrogens with zero attached hydrogens (tertiary/aromatic N) is 4. The average Bonchev–Trinajstić information content (AvgIpc) is 3.33. The lowest BCUT2D eigenvalue weighted by molar-refractivity contribution is 0.0927. The summed E-state index contributed by atoms with van der Waals surface area (Å²) in [6.45, 7) is 3.86. The third kappa shape index (κ3) is 2.89. The fourth-order valence-corrected chi connectivity index (χ4v) is 3.48. The van der Waals surface area contributed by atoms with Crippen LogP contribution in [0.2, 0.25) is 0 Å². The Morgan fingerprint density at radius 2 is 2.23 bits per heavy atom. The second-order valence-electron chi connectivity index (χ2n) is 6.64. The second kappa shape index (κ2) is 6.40. The maximum Gasteiger partial charge on any atom is 0.270 e. The summed E-state index contributed by atoms with van der Waals surface area (Å²) in [7, 11) is 1.78. The van der Waals surface area contributed by atoms with E-state index in [0.717, 1.165) is 36.1 Å². The Labute approximate surface area is 151 Å². The van der Waals surface area contributed by atoms with Gasteiger partial charge in [-0.05, 0) is 43.0 Å². The number of rotatable bonds is 4. The summed E-state index contributed by atoms with van der Waals surface area (Å²) in [5, 5.41) is 11.4. The van der Waals surface area contributed by atoms with Gasteiger partial charge in [0.15, 0.2) is 0 Å². The van der Waals surface area contributed by atoms with Gasteiger partial charge in [0, 0.05) is 19.0 Å². The highest BCUT2D eigenvalue weighted by molar-refractivity contribution is 5.93. The summed E-state index contributed by atoms with van der Waals surface area (Å²) in [5.41, 5.74) is 4.73. The largest absolute Gasteiger partial charge is 0.344 e. The zero-order valence-corrected chi connectivity index (χ0v) is 15.1. The van der Waals surface area contributed by atoms with Crippen molar-refractivity contribution in [2.24, 2.45) is 7.05 Å². The molecule has 7 heteroatoms. The molecule has 1 aromatic carbocycles. The molecule has 1 aliphatic rings. The molecule has 4 rings (SSSR count). The van der Waals surface area contributed by atoms with Crippen LogP contribution < -0.4 is 5.32 Å². The lowest BCUT2D eigenvalue weighted by Gasteiger charge is -2.14. The third-order valence-corrected chi connectivity index (χ3v) is 4.79. The van der Waals surface area contributed by atoms with E-state index in [0.29, 0.717) is 17.4 Å². The van der Waals surface area contributed by atoms with Crippen LogP contribution in [0.1, 0.15) is 52.6 Å². The van der Waals surface area contributed by atoms with Crippen molar-refractivity contribution < 1.29 is 9.32 Å². The van der Waals surface area contributed by atoms with Crippen LogP contribution in [0.25, 0.3) is 11.4 Å². The van der Waals surface area contributed by atoms with Gasteiger partial charge in [-0.15, -0.1) is 0 Å². The first kappa shape index (κ1) is 16.5. The molecule has 1 atom stereocenters. The lowest BCUT2D eigenvalue weighted by Crippen LogP contribution is -2.28. The summed E-state index contributed by atoms with van der Waals surface area (Å²) >= 11 is 0. The molecule has 0 spiro atoms. The van der Waals surface area contributed by atoms with Gasteiger partial charge < -0.3 is 9.84 Å². The number of carbonyl (C=O) groups is 1. The van der Waals surface area contributed by atoms with Gasteiger partial charge in [-0.2, -0.15) is 10.1 Å². The van der Waals surface area contributed by atoms with Gasteiger partial charge in [-0.1, -0.05) is 24.2 Å². The molecule has 3 aromatic rings. The van der Waals surface area contributed by atoms with Gasteiger partial charge >= 0.3 is 0 Å². The molecule has 1 aliphatic carbocycles. The van der Waals surface area contributed by atoms with Crippen molar-refractivity contribution in [3.05, 3.63) is 52.7 Å². The normalized spacial score (nSPS) is 15.9. The molecule has 0 fully saturated rings. The zero-order chi connectivity index (χ0) is 18.3. The highest BCUT2D eigenvalue weighted by Gasteiger charge is 2.26. The van der Waals surface area contributed by atoms with Crippen LogP contribution in [-0.2, 0) is 19.9 Å². The van der Waals surface area contributed by atoms with Crippen LogP contribution in [0.15, 0.2) is 28.8 Å². The Hall–Kier alpha value is -2.96. The molecule has 1 N–H and O–H groups in total. The Morgan fingerprint density at radius 1 is 1.38 bits per heavy atom. The first-order chi connectivity index (χ1) is 12.5. The highest BCUT2D eigenvalue weighted by Crippen LogP contribution is 2.34. The number of fused-ring (bicyclic) bond motifs is 1. The van der Waals surface area contributed by atoms with Crippen molar-refractivity contribution in [1.29, 1.82) is 0 Å². The minimum Gasteiger partial charge on any atom is -0.344 e. The number of amides is 1. The van der Waals surface area contributed by atoms with E-state index in [-0.39, 0.29) is 11.9 Å². The van der Waals surface area contributed by atoms with E-state index < -0.39 is 0 Å². The quantitative estimate of drug-likeness (QED) is 0.781. The van der Waals surface area contributed by atoms with Gasteiger partial charge in [0.2, 0.25) is 11.7 Å². The maximum atomic E-state index is 12.6. The fraction of sp³-hybridized carbons (Fsp3) is 0.368. The summed E-state index contributed by atoms with van der Waals surface area (Å²) < 4.78 is 6.81. The number of nitrogens with one attached hydrogen (secondary N) is 1. The number of carbonyl (C=O) groups excluding carboxylic acids is 1. The molecule has 2 aromatic heterocycles. The molecule has 2 heterocycles. The molecule has 0 saturated carbocycles. The topological polar surface area (TPSA) is 85.8 Å². The van der Waals surface area contributed by atoms with Crippen LogP contribution in [0.5, 0.6) is 0 Å². The number of aromatic nitrogens is 4. The van der Waals surface area contributed by atoms with Crippen molar-refractivity contribution in [2.75, 3.05) is 0 Å². The first-order valence-corrected chi connectivity index (χ1v) is 8.82. The fourth-order valence-electron chi connectivity index (χ4n) is 3.48. The highest BCUT2D eigenvalue weighted by atomic mass is 16.5. The first-order valence-electron chi connectivity index (χ1n) is 8.82. The predicted octanol–water partition coefficient (Wildman–Crippen LogP) is 2.76. The number of hydrogen-bond acceptors (Lipinski definition) is 5. The van der Waals surface area contributed by atoms with Crippen molar-refractivity contribution in [3.63, 3.8) is 0 Å². The van der Waals surface area contributed by atoms with E-state index in [1.165, 1.54) is 5.56 Å². The second-order valence-corrected chi connectivity index (χ2v) is 6.64. The molecule has 134 valence electrons. The van der Waals surface area contributed by atoms with Gasteiger partial charge in [0.25, 0.3) is 5.91 Å². The Bertz CT molecular complexity index is 972. The average molecular weight is 351 g/mol. The molecular formula is C19H21N5O2. The minimum atomic E-state index is -0.0965. The maximum absolute atomic E-state index is 12.6. The van der Waals surface area contributed by atoms with Crippen molar-refractivity contribution >= 4 is 5.91 Å². The van der Waals surface area contributed by atoms with Crippen LogP contribution in [0.4, 0.5) is 0 Å². The van der Waals surface area contributed by atoms with E-state index in [4.69, 9.17) is 4.52 Å². The minimum absolute atomic E-state index is 0.0122. The molecule has 0 radical (unpaired) electrons. The van der Waals surface area contributed by atoms with Crippen LogP contribution >= 0.6 is 0 Å². The van der Waals surface area contributed by atoms with E-state index >= 15 is 0 Å². The SMILES string of the molecule is CCc1nc(-c2ccc3c(c2)CC[C@H]3NC(=O)c2cc(C)nn2C)no1. The van der Waals surface area contributed by atoms with Gasteiger partial charge in [0.05, 0.1) is 11.7 Å². The van der Waals surface area contributed by atoms with Crippen LogP contribution in [0.3, 0.4) is 0 Å². The Kier molecular flexibility index (Phi) is 4.06. The van der Waals surface area contributed by atoms with E-state index in [1.807, 2.05) is 19.9 Å². The summed E-state index contributed by atoms with van der Waals surface area (Å²) in [6.07, 6.45) is 2.52. The van der Waals surface area contributed by atoms with E-state index in [1.54, 1.807) is 17.8 Å². The molecule has 0 bridgehead atoms. The monoisotopic (exact) mass is 351 g/mol. The standard InChI is InChI=1S/C19H21N5O2/c1-4-17-21-18(23-26-17)13-5-7-14-12(10-13)6-8-15(14)20-19(25)16-9-11(2)22-24(16)3/h5,7,9-10,15H,4,6,8H2,1-3H3,(H,20,25)/t15-/m1/s1. The summed E-state index contributed by atoms with van der Waals surface area (Å²) in [6, 6.07) is 7.95. The molecule has 1 amide bonds. The van der Waals surface area contributed by atoms with E-state index in [9.17, 15) is 4.79 Å². The van der Waals surface area contributed by atoms with Gasteiger partial charge in [-0.3, -0.25) is 9.48 Å². The van der Waals surface area contributed by atoms with Crippen LogP contribution in [0, 0.1) is 6.92 Å². The Morgan fingerprint density at radius 3 is 2.92 bits per heavy atom. The third-order valence-electron chi connectivity index (χ3n) is 4.79. The number of aryl methyl sites for hydroxylation is 4. The molecule has 7 nitrogen and oxygen atoms in total.